The fourth-order valence-electron chi connectivity index (χ4n) is 11.0. The molecule has 43 heavy (non-hydrogen) atoms. The maximum atomic E-state index is 14.2. The third-order valence-electron chi connectivity index (χ3n) is 14.4. The van der Waals surface area contributed by atoms with Gasteiger partial charge >= 0.3 is 5.97 Å². The summed E-state index contributed by atoms with van der Waals surface area (Å²) >= 11 is 0. The lowest BCUT2D eigenvalue weighted by Gasteiger charge is -2.65. The van der Waals surface area contributed by atoms with Gasteiger partial charge in [-0.1, -0.05) is 99.9 Å². The number of esters is 1. The zero-order chi connectivity index (χ0) is 31.8. The zero-order valence-corrected chi connectivity index (χ0v) is 29.2. The van der Waals surface area contributed by atoms with Gasteiger partial charge in [0.2, 0.25) is 0 Å². The molecule has 238 valence electrons. The van der Waals surface area contributed by atoms with E-state index in [1.54, 1.807) is 0 Å². The Morgan fingerprint density at radius 3 is 2.14 bits per heavy atom. The standard InChI is InChI=1S/C40H60O3/c1-26-24-39(10)29-17-21-38(9)31(18-22-37(38,8)30(29)23-32(41)40(39,11)25-27(26)2)36(6,7)33(19-20-35(3,4)5)43-34(42)28-15-13-12-14-16-28/h12-16,23,26-27,29,31,33H,17-22,24-25H2,1-11H3/t26-,27+,29?,31+,33+,37-,38+,39+,40-/m0/s1. The number of carbonyl (C=O) groups excluding carboxylic acids is 2. The van der Waals surface area contributed by atoms with Gasteiger partial charge in [-0.2, -0.15) is 0 Å². The van der Waals surface area contributed by atoms with Gasteiger partial charge in [0.15, 0.2) is 5.78 Å². The first-order valence-electron chi connectivity index (χ1n) is 17.3. The molecule has 5 rings (SSSR count). The van der Waals surface area contributed by atoms with E-state index in [9.17, 15) is 9.59 Å². The smallest absolute Gasteiger partial charge is 0.338 e. The summed E-state index contributed by atoms with van der Waals surface area (Å²) in [6.45, 7) is 26.1. The number of allylic oxidation sites excluding steroid dienone is 2. The first-order valence-corrected chi connectivity index (χ1v) is 17.3. The Kier molecular flexibility index (Phi) is 8.00. The minimum atomic E-state index is -0.266. The second-order valence-corrected chi connectivity index (χ2v) is 18.2. The Labute approximate surface area is 263 Å². The fraction of sp³-hybridized carbons (Fsp3) is 0.750. The largest absolute Gasteiger partial charge is 0.458 e. The van der Waals surface area contributed by atoms with Crippen LogP contribution < -0.4 is 0 Å². The highest BCUT2D eigenvalue weighted by Crippen LogP contribution is 2.75. The molecular formula is C40H60O3. The van der Waals surface area contributed by atoms with Crippen LogP contribution in [0.3, 0.4) is 0 Å². The summed E-state index contributed by atoms with van der Waals surface area (Å²) in [6, 6.07) is 9.48. The Balaban J connectivity index is 1.50. The van der Waals surface area contributed by atoms with Crippen LogP contribution in [0.5, 0.6) is 0 Å². The van der Waals surface area contributed by atoms with Gasteiger partial charge in [0.1, 0.15) is 6.10 Å². The maximum Gasteiger partial charge on any atom is 0.338 e. The molecule has 1 aromatic rings. The highest BCUT2D eigenvalue weighted by Gasteiger charge is 2.69. The average molecular weight is 589 g/mol. The molecule has 0 amide bonds. The molecule has 1 aromatic carbocycles. The van der Waals surface area contributed by atoms with Crippen molar-refractivity contribution in [3.63, 3.8) is 0 Å². The highest BCUT2D eigenvalue weighted by molar-refractivity contribution is 5.97. The van der Waals surface area contributed by atoms with Gasteiger partial charge < -0.3 is 4.74 Å². The molecule has 3 nitrogen and oxygen atoms in total. The van der Waals surface area contributed by atoms with Crippen molar-refractivity contribution in [1.29, 1.82) is 0 Å². The Hall–Kier alpha value is -1.90. The van der Waals surface area contributed by atoms with Gasteiger partial charge in [-0.05, 0) is 115 Å². The molecule has 0 N–H and O–H groups in total. The topological polar surface area (TPSA) is 43.4 Å². The number of hydrogen-bond donors (Lipinski definition) is 0. The molecule has 4 aliphatic carbocycles. The first kappa shape index (κ1) is 32.5. The Bertz CT molecular complexity index is 1270. The first-order chi connectivity index (χ1) is 19.8. The predicted octanol–water partition coefficient (Wildman–Crippen LogP) is 10.5. The second-order valence-electron chi connectivity index (χ2n) is 18.2. The molecule has 9 atom stereocenters. The number of hydrogen-bond acceptors (Lipinski definition) is 3. The minimum Gasteiger partial charge on any atom is -0.458 e. The van der Waals surface area contributed by atoms with Crippen molar-refractivity contribution in [3.05, 3.63) is 47.5 Å². The second kappa shape index (κ2) is 10.6. The van der Waals surface area contributed by atoms with E-state index in [-0.39, 0.29) is 44.6 Å². The molecule has 3 saturated carbocycles. The lowest BCUT2D eigenvalue weighted by molar-refractivity contribution is -0.153. The third kappa shape index (κ3) is 4.98. The molecule has 3 fully saturated rings. The molecular weight excluding hydrogens is 528 g/mol. The highest BCUT2D eigenvalue weighted by atomic mass is 16.5. The molecule has 0 aliphatic heterocycles. The third-order valence-corrected chi connectivity index (χ3v) is 14.4. The Morgan fingerprint density at radius 1 is 0.884 bits per heavy atom. The van der Waals surface area contributed by atoms with Gasteiger partial charge in [-0.3, -0.25) is 4.79 Å². The van der Waals surface area contributed by atoms with E-state index >= 15 is 0 Å². The summed E-state index contributed by atoms with van der Waals surface area (Å²) < 4.78 is 6.50. The van der Waals surface area contributed by atoms with Crippen LogP contribution in [0.15, 0.2) is 42.0 Å². The van der Waals surface area contributed by atoms with E-state index in [2.05, 4.69) is 82.2 Å². The number of carbonyl (C=O) groups is 2. The lowest BCUT2D eigenvalue weighted by atomic mass is 9.38. The van der Waals surface area contributed by atoms with E-state index in [4.69, 9.17) is 4.74 Å². The summed E-state index contributed by atoms with van der Waals surface area (Å²) in [6.07, 6.45) is 10.5. The van der Waals surface area contributed by atoms with Gasteiger partial charge in [0.25, 0.3) is 0 Å². The van der Waals surface area contributed by atoms with E-state index in [0.29, 0.717) is 35.0 Å². The summed E-state index contributed by atoms with van der Waals surface area (Å²) in [7, 11) is 0. The Morgan fingerprint density at radius 2 is 1.51 bits per heavy atom. The molecule has 3 heteroatoms. The van der Waals surface area contributed by atoms with Gasteiger partial charge in [-0.15, -0.1) is 0 Å². The van der Waals surface area contributed by atoms with Crippen molar-refractivity contribution in [2.75, 3.05) is 0 Å². The number of rotatable bonds is 6. The van der Waals surface area contributed by atoms with Gasteiger partial charge in [-0.25, -0.2) is 4.79 Å². The quantitative estimate of drug-likeness (QED) is 0.311. The van der Waals surface area contributed by atoms with Crippen LogP contribution >= 0.6 is 0 Å². The molecule has 0 aromatic heterocycles. The van der Waals surface area contributed by atoms with Crippen molar-refractivity contribution >= 4 is 11.8 Å². The summed E-state index contributed by atoms with van der Waals surface area (Å²) in [5, 5.41) is 0. The fourth-order valence-corrected chi connectivity index (χ4v) is 11.0. The molecule has 0 radical (unpaired) electrons. The van der Waals surface area contributed by atoms with Gasteiger partial charge in [0.05, 0.1) is 5.56 Å². The molecule has 1 unspecified atom stereocenters. The van der Waals surface area contributed by atoms with Crippen LogP contribution in [0.4, 0.5) is 0 Å². The number of fused-ring (bicyclic) bond motifs is 5. The van der Waals surface area contributed by atoms with Crippen LogP contribution in [0.2, 0.25) is 0 Å². The summed E-state index contributed by atoms with van der Waals surface area (Å²) in [4.78, 5) is 27.7. The van der Waals surface area contributed by atoms with Crippen molar-refractivity contribution < 1.29 is 14.3 Å². The lowest BCUT2D eigenvalue weighted by Crippen LogP contribution is -2.61. The van der Waals surface area contributed by atoms with Crippen molar-refractivity contribution in [2.45, 2.75) is 134 Å². The van der Waals surface area contributed by atoms with Crippen molar-refractivity contribution in [1.82, 2.24) is 0 Å². The van der Waals surface area contributed by atoms with E-state index in [1.807, 2.05) is 30.3 Å². The van der Waals surface area contributed by atoms with Crippen LogP contribution in [0, 0.1) is 56.2 Å². The number of ketones is 1. The molecule has 0 heterocycles. The number of benzene rings is 1. The monoisotopic (exact) mass is 588 g/mol. The van der Waals surface area contributed by atoms with Crippen LogP contribution in [-0.2, 0) is 9.53 Å². The van der Waals surface area contributed by atoms with Crippen LogP contribution in [-0.4, -0.2) is 17.9 Å². The van der Waals surface area contributed by atoms with Gasteiger partial charge in [0, 0.05) is 10.8 Å². The molecule has 4 aliphatic rings. The predicted molar refractivity (Wildman–Crippen MR) is 177 cm³/mol. The molecule has 0 bridgehead atoms. The molecule has 0 saturated heterocycles. The average Bonchev–Trinajstić information content (AvgIpc) is 3.21. The van der Waals surface area contributed by atoms with Crippen molar-refractivity contribution in [3.8, 4) is 0 Å². The van der Waals surface area contributed by atoms with E-state index < -0.39 is 0 Å². The van der Waals surface area contributed by atoms with Crippen LogP contribution in [0.1, 0.15) is 138 Å². The maximum absolute atomic E-state index is 14.2. The zero-order valence-electron chi connectivity index (χ0n) is 29.2. The van der Waals surface area contributed by atoms with E-state index in [1.165, 1.54) is 12.0 Å². The van der Waals surface area contributed by atoms with E-state index in [0.717, 1.165) is 44.9 Å². The SMILES string of the molecule is C[C@@H]1C[C@@]2(C)C(=O)C=C3C(CC[C@]4(C)[C@@H](C(C)(C)[C@@H](CCC(C)(C)C)OC(=O)c5ccccc5)CC[C@@]34C)[C@@]2(C)C[C@@H]1C. The molecule has 0 spiro atoms. The minimum absolute atomic E-state index is 0.0124. The summed E-state index contributed by atoms with van der Waals surface area (Å²) in [5.74, 6) is 2.26. The van der Waals surface area contributed by atoms with Crippen molar-refractivity contribution in [2.24, 2.45) is 56.2 Å². The normalized spacial score (nSPS) is 40.2. The number of ether oxygens (including phenoxy) is 1. The summed E-state index contributed by atoms with van der Waals surface area (Å²) in [5.41, 5.74) is 1.79. The van der Waals surface area contributed by atoms with Crippen LogP contribution in [0.25, 0.3) is 0 Å².